The standard InChI is InChI=1S/C27H28Si2/c1-5-13-23(14-6-1)21-22-27(28-24-15-7-2-8-16-24)29(25-17-9-3-10-18-25)26-19-11-4-12-20-26/h1-20,27,29H,21-22,28H2. The van der Waals surface area contributed by atoms with E-state index in [2.05, 4.69) is 121 Å². The zero-order chi connectivity index (χ0) is 19.7. The second kappa shape index (κ2) is 10.2. The van der Waals surface area contributed by atoms with Crippen molar-refractivity contribution in [1.29, 1.82) is 0 Å². The molecule has 0 fully saturated rings. The minimum absolute atomic E-state index is 0.387. The highest BCUT2D eigenvalue weighted by Gasteiger charge is 2.27. The van der Waals surface area contributed by atoms with Gasteiger partial charge in [0.05, 0.1) is 9.52 Å². The molecule has 0 aliphatic carbocycles. The van der Waals surface area contributed by atoms with Gasteiger partial charge in [-0.25, -0.2) is 0 Å². The highest BCUT2D eigenvalue weighted by molar-refractivity contribution is 6.93. The van der Waals surface area contributed by atoms with Crippen LogP contribution in [-0.4, -0.2) is 18.3 Å². The molecule has 2 heteroatoms. The Morgan fingerprint density at radius 1 is 0.552 bits per heavy atom. The van der Waals surface area contributed by atoms with Crippen LogP contribution in [0.25, 0.3) is 0 Å². The first-order chi connectivity index (χ1) is 14.4. The summed E-state index contributed by atoms with van der Waals surface area (Å²) >= 11 is 0. The van der Waals surface area contributed by atoms with Gasteiger partial charge in [0.1, 0.15) is 8.80 Å². The van der Waals surface area contributed by atoms with Crippen molar-refractivity contribution in [2.75, 3.05) is 0 Å². The van der Waals surface area contributed by atoms with E-state index < -0.39 is 8.80 Å². The van der Waals surface area contributed by atoms with Crippen molar-refractivity contribution in [1.82, 2.24) is 0 Å². The zero-order valence-electron chi connectivity index (χ0n) is 16.8. The lowest BCUT2D eigenvalue weighted by molar-refractivity contribution is 0.872. The van der Waals surface area contributed by atoms with Crippen LogP contribution < -0.4 is 15.6 Å². The highest BCUT2D eigenvalue weighted by atomic mass is 28.3. The molecule has 0 radical (unpaired) electrons. The van der Waals surface area contributed by atoms with Gasteiger partial charge in [0, 0.05) is 0 Å². The van der Waals surface area contributed by atoms with Gasteiger partial charge in [-0.05, 0) is 17.1 Å². The fourth-order valence-electron chi connectivity index (χ4n) is 4.36. The zero-order valence-corrected chi connectivity index (χ0v) is 19.4. The summed E-state index contributed by atoms with van der Waals surface area (Å²) in [4.78, 5) is 0. The normalized spacial score (nSPS) is 12.4. The van der Waals surface area contributed by atoms with Gasteiger partial charge >= 0.3 is 0 Å². The summed E-state index contributed by atoms with van der Waals surface area (Å²) in [6.45, 7) is 0. The summed E-state index contributed by atoms with van der Waals surface area (Å²) in [6, 6.07) is 44.9. The molecule has 4 aromatic rings. The smallest absolute Gasteiger partial charge is 0.0669 e. The van der Waals surface area contributed by atoms with Crippen LogP contribution in [-0.2, 0) is 6.42 Å². The lowest BCUT2D eigenvalue weighted by Crippen LogP contribution is -2.49. The second-order valence-corrected chi connectivity index (χ2v) is 14.2. The maximum Gasteiger partial charge on any atom is 0.103 e. The van der Waals surface area contributed by atoms with Gasteiger partial charge < -0.3 is 0 Å². The average molecular weight is 409 g/mol. The van der Waals surface area contributed by atoms with Crippen LogP contribution >= 0.6 is 0 Å². The molecule has 0 amide bonds. The molecular formula is C27H28Si2. The van der Waals surface area contributed by atoms with Crippen LogP contribution in [0.2, 0.25) is 5.16 Å². The minimum atomic E-state index is -1.31. The Balaban J connectivity index is 1.68. The van der Waals surface area contributed by atoms with Crippen LogP contribution in [0.5, 0.6) is 0 Å². The monoisotopic (exact) mass is 408 g/mol. The van der Waals surface area contributed by atoms with Crippen LogP contribution in [0.15, 0.2) is 121 Å². The topological polar surface area (TPSA) is 0 Å². The number of aryl methyl sites for hydroxylation is 1. The SMILES string of the molecule is c1ccc(CCC([SiH2]c2ccccc2)[SiH](c2ccccc2)c2ccccc2)cc1. The van der Waals surface area contributed by atoms with Crippen molar-refractivity contribution in [2.45, 2.75) is 18.0 Å². The molecule has 0 heterocycles. The highest BCUT2D eigenvalue weighted by Crippen LogP contribution is 2.19. The van der Waals surface area contributed by atoms with Crippen molar-refractivity contribution in [3.63, 3.8) is 0 Å². The molecular weight excluding hydrogens is 380 g/mol. The summed E-state index contributed by atoms with van der Waals surface area (Å²) < 4.78 is 0. The van der Waals surface area contributed by atoms with Crippen molar-refractivity contribution in [3.8, 4) is 0 Å². The molecule has 0 bridgehead atoms. The predicted octanol–water partition coefficient (Wildman–Crippen LogP) is 3.48. The first-order valence-electron chi connectivity index (χ1n) is 10.6. The molecule has 144 valence electrons. The van der Waals surface area contributed by atoms with E-state index in [9.17, 15) is 0 Å². The molecule has 1 atom stereocenters. The van der Waals surface area contributed by atoms with Gasteiger partial charge in [0.2, 0.25) is 0 Å². The van der Waals surface area contributed by atoms with Crippen molar-refractivity contribution < 1.29 is 0 Å². The van der Waals surface area contributed by atoms with E-state index in [0.717, 1.165) is 5.16 Å². The third kappa shape index (κ3) is 5.44. The summed E-state index contributed by atoms with van der Waals surface area (Å²) in [7, 11) is -1.70. The van der Waals surface area contributed by atoms with Crippen LogP contribution in [0.1, 0.15) is 12.0 Å². The quantitative estimate of drug-likeness (QED) is 0.392. The third-order valence-electron chi connectivity index (χ3n) is 5.78. The van der Waals surface area contributed by atoms with Crippen molar-refractivity contribution >= 4 is 33.9 Å². The molecule has 0 N–H and O–H groups in total. The Morgan fingerprint density at radius 3 is 1.52 bits per heavy atom. The van der Waals surface area contributed by atoms with Crippen molar-refractivity contribution in [3.05, 3.63) is 127 Å². The van der Waals surface area contributed by atoms with E-state index >= 15 is 0 Å². The largest absolute Gasteiger partial charge is 0.103 e. The Morgan fingerprint density at radius 2 is 1.00 bits per heavy atom. The number of benzene rings is 4. The van der Waals surface area contributed by atoms with Crippen LogP contribution in [0.4, 0.5) is 0 Å². The van der Waals surface area contributed by atoms with Crippen molar-refractivity contribution in [2.24, 2.45) is 0 Å². The van der Waals surface area contributed by atoms with E-state index in [4.69, 9.17) is 0 Å². The molecule has 0 aliphatic heterocycles. The van der Waals surface area contributed by atoms with E-state index in [1.807, 2.05) is 0 Å². The molecule has 0 saturated carbocycles. The van der Waals surface area contributed by atoms with Gasteiger partial charge in [0.15, 0.2) is 0 Å². The Labute approximate surface area is 178 Å². The molecule has 0 aromatic heterocycles. The molecule has 4 aromatic carbocycles. The fourth-order valence-corrected chi connectivity index (χ4v) is 12.6. The van der Waals surface area contributed by atoms with Gasteiger partial charge in [-0.2, -0.15) is 0 Å². The maximum atomic E-state index is 2.37. The van der Waals surface area contributed by atoms with Gasteiger partial charge in [-0.1, -0.05) is 143 Å². The van der Waals surface area contributed by atoms with E-state index in [-0.39, 0.29) is 9.52 Å². The average Bonchev–Trinajstić information content (AvgIpc) is 2.80. The summed E-state index contributed by atoms with van der Waals surface area (Å²) in [5, 5.41) is 5.57. The third-order valence-corrected chi connectivity index (χ3v) is 13.3. The Hall–Kier alpha value is -2.69. The summed E-state index contributed by atoms with van der Waals surface area (Å²) in [5.41, 5.74) is 1.47. The number of hydrogen-bond acceptors (Lipinski definition) is 0. The van der Waals surface area contributed by atoms with Crippen LogP contribution in [0.3, 0.4) is 0 Å². The van der Waals surface area contributed by atoms with Gasteiger partial charge in [-0.3, -0.25) is 0 Å². The predicted molar refractivity (Wildman–Crippen MR) is 132 cm³/mol. The lowest BCUT2D eigenvalue weighted by Gasteiger charge is -2.27. The first kappa shape index (κ1) is 19.6. The molecule has 0 spiro atoms. The Kier molecular flexibility index (Phi) is 6.90. The van der Waals surface area contributed by atoms with Gasteiger partial charge in [-0.15, -0.1) is 0 Å². The molecule has 29 heavy (non-hydrogen) atoms. The minimum Gasteiger partial charge on any atom is -0.0669 e. The Bertz CT molecular complexity index is 930. The van der Waals surface area contributed by atoms with Crippen LogP contribution in [0, 0.1) is 0 Å². The fraction of sp³-hybridized carbons (Fsp3) is 0.111. The second-order valence-electron chi connectivity index (χ2n) is 7.77. The van der Waals surface area contributed by atoms with Gasteiger partial charge in [0.25, 0.3) is 0 Å². The number of hydrogen-bond donors (Lipinski definition) is 0. The number of rotatable bonds is 8. The molecule has 0 nitrogen and oxygen atoms in total. The van der Waals surface area contributed by atoms with E-state index in [0.29, 0.717) is 0 Å². The van der Waals surface area contributed by atoms with E-state index in [1.54, 1.807) is 15.6 Å². The molecule has 4 rings (SSSR count). The lowest BCUT2D eigenvalue weighted by atomic mass is 10.1. The maximum absolute atomic E-state index is 2.37. The van der Waals surface area contributed by atoms with E-state index in [1.165, 1.54) is 18.4 Å². The molecule has 0 aliphatic rings. The first-order valence-corrected chi connectivity index (χ1v) is 13.9. The molecule has 1 unspecified atom stereocenters. The molecule has 0 saturated heterocycles. The summed E-state index contributed by atoms with van der Waals surface area (Å²) in [6.07, 6.45) is 2.46. The summed E-state index contributed by atoms with van der Waals surface area (Å²) in [5.74, 6) is 0.